The van der Waals surface area contributed by atoms with Crippen LogP contribution in [0.1, 0.15) is 5.56 Å². The molecular weight excluding hydrogens is 372 g/mol. The molecule has 0 unspecified atom stereocenters. The third kappa shape index (κ3) is 4.27. The number of hydrogen-bond acceptors (Lipinski definition) is 7. The molecule has 4 rings (SSSR count). The largest absolute Gasteiger partial charge is 0.475 e. The van der Waals surface area contributed by atoms with E-state index in [2.05, 4.69) is 15.7 Å². The van der Waals surface area contributed by atoms with Gasteiger partial charge >= 0.3 is 0 Å². The van der Waals surface area contributed by atoms with Gasteiger partial charge in [0.15, 0.2) is 5.82 Å². The molecule has 0 spiro atoms. The number of nitrogens with zero attached hydrogens (tertiary/aromatic N) is 3. The summed E-state index contributed by atoms with van der Waals surface area (Å²) in [5.74, 6) is 2.13. The fourth-order valence-corrected chi connectivity index (χ4v) is 3.38. The highest BCUT2D eigenvalue weighted by Gasteiger charge is 2.09. The third-order valence-electron chi connectivity index (χ3n) is 4.18. The number of para-hydroxylation sites is 1. The topological polar surface area (TPSA) is 69.2 Å². The molecule has 6 nitrogen and oxygen atoms in total. The average molecular weight is 392 g/mol. The Labute approximate surface area is 167 Å². The molecule has 1 aromatic carbocycles. The summed E-state index contributed by atoms with van der Waals surface area (Å²) in [4.78, 5) is 13.8. The van der Waals surface area contributed by atoms with Crippen LogP contribution in [-0.2, 0) is 11.3 Å². The number of fused-ring (bicyclic) bond motifs is 1. The van der Waals surface area contributed by atoms with Crippen molar-refractivity contribution in [2.45, 2.75) is 6.54 Å². The monoisotopic (exact) mass is 392 g/mol. The Kier molecular flexibility index (Phi) is 5.75. The molecule has 0 fully saturated rings. The molecule has 0 aliphatic heterocycles. The Hall–Kier alpha value is -3.03. The lowest BCUT2D eigenvalue weighted by molar-refractivity contribution is 0.143. The van der Waals surface area contributed by atoms with Crippen LogP contribution in [0.4, 0.5) is 5.82 Å². The van der Waals surface area contributed by atoms with Gasteiger partial charge in [-0.05, 0) is 29.1 Å². The number of thiophene rings is 1. The summed E-state index contributed by atoms with van der Waals surface area (Å²) >= 11 is 1.64. The van der Waals surface area contributed by atoms with Crippen molar-refractivity contribution in [3.8, 4) is 17.3 Å². The van der Waals surface area contributed by atoms with Gasteiger partial charge in [0.05, 0.1) is 12.1 Å². The maximum Gasteiger partial charge on any atom is 0.213 e. The maximum absolute atomic E-state index is 5.50. The fourth-order valence-electron chi connectivity index (χ4n) is 2.75. The predicted molar refractivity (Wildman–Crippen MR) is 112 cm³/mol. The number of hydrogen-bond donors (Lipinski definition) is 1. The zero-order valence-electron chi connectivity index (χ0n) is 15.5. The SMILES string of the molecule is COCCOc1ccc(CNc2nc(-c3ccsc3)nc3ccccc23)cn1. The van der Waals surface area contributed by atoms with Crippen molar-refractivity contribution < 1.29 is 9.47 Å². The van der Waals surface area contributed by atoms with Gasteiger partial charge in [-0.1, -0.05) is 18.2 Å². The summed E-state index contributed by atoms with van der Waals surface area (Å²) in [7, 11) is 1.65. The molecule has 7 heteroatoms. The number of ether oxygens (including phenoxy) is 2. The second kappa shape index (κ2) is 8.77. The Morgan fingerprint density at radius 1 is 1.04 bits per heavy atom. The second-order valence-electron chi connectivity index (χ2n) is 6.12. The minimum absolute atomic E-state index is 0.485. The smallest absolute Gasteiger partial charge is 0.213 e. The second-order valence-corrected chi connectivity index (χ2v) is 6.90. The van der Waals surface area contributed by atoms with Gasteiger partial charge in [-0.25, -0.2) is 15.0 Å². The lowest BCUT2D eigenvalue weighted by Gasteiger charge is -2.11. The number of nitrogens with one attached hydrogen (secondary N) is 1. The lowest BCUT2D eigenvalue weighted by Crippen LogP contribution is -2.06. The highest BCUT2D eigenvalue weighted by Crippen LogP contribution is 2.26. The molecule has 3 heterocycles. The highest BCUT2D eigenvalue weighted by atomic mass is 32.1. The van der Waals surface area contributed by atoms with E-state index in [1.54, 1.807) is 24.6 Å². The summed E-state index contributed by atoms with van der Waals surface area (Å²) in [6.45, 7) is 1.63. The zero-order chi connectivity index (χ0) is 19.2. The molecule has 142 valence electrons. The summed E-state index contributed by atoms with van der Waals surface area (Å²) in [5, 5.41) is 8.51. The van der Waals surface area contributed by atoms with E-state index in [4.69, 9.17) is 19.4 Å². The van der Waals surface area contributed by atoms with E-state index in [1.807, 2.05) is 47.8 Å². The van der Waals surface area contributed by atoms with Gasteiger partial charge in [0, 0.05) is 42.2 Å². The molecule has 28 heavy (non-hydrogen) atoms. The van der Waals surface area contributed by atoms with Crippen molar-refractivity contribution in [1.29, 1.82) is 0 Å². The van der Waals surface area contributed by atoms with Crippen LogP contribution in [-0.4, -0.2) is 35.3 Å². The molecule has 0 bridgehead atoms. The van der Waals surface area contributed by atoms with Crippen LogP contribution in [0.5, 0.6) is 5.88 Å². The molecular formula is C21H20N4O2S. The molecule has 0 amide bonds. The number of rotatable bonds is 8. The van der Waals surface area contributed by atoms with Crippen LogP contribution in [0.25, 0.3) is 22.3 Å². The number of pyridine rings is 1. The third-order valence-corrected chi connectivity index (χ3v) is 4.86. The lowest BCUT2D eigenvalue weighted by atomic mass is 10.2. The number of methoxy groups -OCH3 is 1. The van der Waals surface area contributed by atoms with Crippen molar-refractivity contribution in [3.05, 3.63) is 65.0 Å². The zero-order valence-corrected chi connectivity index (χ0v) is 16.3. The van der Waals surface area contributed by atoms with E-state index in [0.717, 1.165) is 33.7 Å². The Morgan fingerprint density at radius 2 is 1.96 bits per heavy atom. The van der Waals surface area contributed by atoms with Gasteiger partial charge < -0.3 is 14.8 Å². The van der Waals surface area contributed by atoms with Gasteiger partial charge in [-0.15, -0.1) is 0 Å². The minimum atomic E-state index is 0.485. The van der Waals surface area contributed by atoms with Crippen molar-refractivity contribution in [3.63, 3.8) is 0 Å². The van der Waals surface area contributed by atoms with Crippen molar-refractivity contribution in [2.24, 2.45) is 0 Å². The molecule has 0 saturated carbocycles. The highest BCUT2D eigenvalue weighted by molar-refractivity contribution is 7.08. The maximum atomic E-state index is 5.50. The summed E-state index contributed by atoms with van der Waals surface area (Å²) in [6, 6.07) is 13.9. The van der Waals surface area contributed by atoms with Gasteiger partial charge in [-0.3, -0.25) is 0 Å². The predicted octanol–water partition coefficient (Wildman–Crippen LogP) is 4.39. The van der Waals surface area contributed by atoms with Gasteiger partial charge in [-0.2, -0.15) is 11.3 Å². The van der Waals surface area contributed by atoms with Gasteiger partial charge in [0.1, 0.15) is 12.4 Å². The first-order valence-corrected chi connectivity index (χ1v) is 9.87. The van der Waals surface area contributed by atoms with Crippen LogP contribution in [0.3, 0.4) is 0 Å². The standard InChI is InChI=1S/C21H20N4O2S/c1-26-9-10-27-19-7-6-15(12-22-19)13-23-21-17-4-2-3-5-18(17)24-20(25-21)16-8-11-28-14-16/h2-8,11-12,14H,9-10,13H2,1H3,(H,23,24,25). The van der Waals surface area contributed by atoms with Crippen molar-refractivity contribution in [1.82, 2.24) is 15.0 Å². The van der Waals surface area contributed by atoms with E-state index < -0.39 is 0 Å². The van der Waals surface area contributed by atoms with Crippen molar-refractivity contribution >= 4 is 28.1 Å². The van der Waals surface area contributed by atoms with E-state index >= 15 is 0 Å². The molecule has 0 radical (unpaired) electrons. The number of anilines is 1. The Morgan fingerprint density at radius 3 is 2.75 bits per heavy atom. The molecule has 1 N–H and O–H groups in total. The molecule has 0 saturated heterocycles. The van der Waals surface area contributed by atoms with E-state index in [0.29, 0.717) is 25.6 Å². The van der Waals surface area contributed by atoms with Gasteiger partial charge in [0.25, 0.3) is 0 Å². The minimum Gasteiger partial charge on any atom is -0.475 e. The molecule has 0 aliphatic rings. The van der Waals surface area contributed by atoms with Crippen molar-refractivity contribution in [2.75, 3.05) is 25.6 Å². The number of benzene rings is 1. The van der Waals surface area contributed by atoms with Crippen LogP contribution >= 0.6 is 11.3 Å². The summed E-state index contributed by atoms with van der Waals surface area (Å²) in [5.41, 5.74) is 2.98. The Balaban J connectivity index is 1.53. The van der Waals surface area contributed by atoms with E-state index in [1.165, 1.54) is 0 Å². The van der Waals surface area contributed by atoms with E-state index in [-0.39, 0.29) is 0 Å². The van der Waals surface area contributed by atoms with Crippen LogP contribution in [0.2, 0.25) is 0 Å². The molecule has 0 aliphatic carbocycles. The van der Waals surface area contributed by atoms with Gasteiger partial charge in [0.2, 0.25) is 5.88 Å². The molecule has 3 aromatic heterocycles. The molecule has 4 aromatic rings. The van der Waals surface area contributed by atoms with Crippen LogP contribution < -0.4 is 10.1 Å². The average Bonchev–Trinajstić information content (AvgIpc) is 3.28. The van der Waals surface area contributed by atoms with E-state index in [9.17, 15) is 0 Å². The van der Waals surface area contributed by atoms with Crippen LogP contribution in [0, 0.1) is 0 Å². The fraction of sp³-hybridized carbons (Fsp3) is 0.190. The first-order valence-electron chi connectivity index (χ1n) is 8.93. The first-order chi connectivity index (χ1) is 13.8. The molecule has 0 atom stereocenters. The quantitative estimate of drug-likeness (QED) is 0.449. The Bertz CT molecular complexity index is 1040. The first kappa shape index (κ1) is 18.3. The number of aromatic nitrogens is 3. The normalized spacial score (nSPS) is 10.9. The van der Waals surface area contributed by atoms with Crippen LogP contribution in [0.15, 0.2) is 59.4 Å². The summed E-state index contributed by atoms with van der Waals surface area (Å²) < 4.78 is 10.5. The summed E-state index contributed by atoms with van der Waals surface area (Å²) in [6.07, 6.45) is 1.80.